The van der Waals surface area contributed by atoms with E-state index in [-0.39, 0.29) is 12.5 Å². The van der Waals surface area contributed by atoms with Gasteiger partial charge >= 0.3 is 0 Å². The summed E-state index contributed by atoms with van der Waals surface area (Å²) in [5.74, 6) is 1.61. The zero-order valence-corrected chi connectivity index (χ0v) is 18.4. The van der Waals surface area contributed by atoms with Crippen LogP contribution in [0, 0.1) is 6.92 Å². The number of ether oxygens (including phenoxy) is 2. The van der Waals surface area contributed by atoms with Crippen LogP contribution in [0.5, 0.6) is 5.75 Å². The highest BCUT2D eigenvalue weighted by molar-refractivity contribution is 7.99. The number of hydrogen-bond donors (Lipinski definition) is 0. The van der Waals surface area contributed by atoms with Gasteiger partial charge in [0.2, 0.25) is 5.91 Å². The summed E-state index contributed by atoms with van der Waals surface area (Å²) in [7, 11) is 0. The molecular formula is C22H24ClN3O3S. The summed E-state index contributed by atoms with van der Waals surface area (Å²) >= 11 is 7.66. The van der Waals surface area contributed by atoms with Crippen LogP contribution in [0.4, 0.5) is 0 Å². The molecule has 0 bridgehead atoms. The van der Waals surface area contributed by atoms with Crippen LogP contribution in [0.3, 0.4) is 0 Å². The lowest BCUT2D eigenvalue weighted by molar-refractivity contribution is -0.135. The summed E-state index contributed by atoms with van der Waals surface area (Å²) in [6.45, 7) is 5.24. The summed E-state index contributed by atoms with van der Waals surface area (Å²) in [5, 5.41) is 1.56. The summed E-state index contributed by atoms with van der Waals surface area (Å²) in [6, 6.07) is 13.6. The molecule has 1 saturated heterocycles. The Balaban J connectivity index is 1.43. The number of imidazole rings is 1. The predicted octanol–water partition coefficient (Wildman–Crippen LogP) is 4.03. The molecule has 2 heterocycles. The zero-order chi connectivity index (χ0) is 20.9. The standard InChI is InChI=1S/C22H24ClN3O3S/c1-16-14-17(6-7-18(16)23)29-12-13-30-22-24-19-4-2-3-5-20(19)26(22)15-21(27)25-8-10-28-11-9-25/h2-7,14H,8-13,15H2,1H3. The third kappa shape index (κ3) is 4.91. The molecule has 30 heavy (non-hydrogen) atoms. The van der Waals surface area contributed by atoms with Gasteiger partial charge in [-0.1, -0.05) is 35.5 Å². The highest BCUT2D eigenvalue weighted by Gasteiger charge is 2.20. The molecule has 0 radical (unpaired) electrons. The maximum Gasteiger partial charge on any atom is 0.242 e. The number of aromatic nitrogens is 2. The number of para-hydroxylation sites is 2. The molecule has 0 saturated carbocycles. The molecule has 1 amide bonds. The monoisotopic (exact) mass is 445 g/mol. The fraction of sp³-hybridized carbons (Fsp3) is 0.364. The molecule has 0 spiro atoms. The average molecular weight is 446 g/mol. The molecule has 1 fully saturated rings. The van der Waals surface area contributed by atoms with E-state index in [1.165, 1.54) is 0 Å². The van der Waals surface area contributed by atoms with Gasteiger partial charge in [-0.25, -0.2) is 4.98 Å². The number of fused-ring (bicyclic) bond motifs is 1. The van der Waals surface area contributed by atoms with Gasteiger partial charge in [-0.15, -0.1) is 0 Å². The summed E-state index contributed by atoms with van der Waals surface area (Å²) in [4.78, 5) is 19.4. The van der Waals surface area contributed by atoms with Crippen LogP contribution in [0.15, 0.2) is 47.6 Å². The normalized spacial score (nSPS) is 14.3. The van der Waals surface area contributed by atoms with E-state index in [9.17, 15) is 4.79 Å². The number of benzene rings is 2. The van der Waals surface area contributed by atoms with E-state index in [1.807, 2.05) is 58.9 Å². The van der Waals surface area contributed by atoms with Crippen molar-refractivity contribution in [3.63, 3.8) is 0 Å². The van der Waals surface area contributed by atoms with E-state index in [0.717, 1.165) is 38.3 Å². The summed E-state index contributed by atoms with van der Waals surface area (Å²) in [6.07, 6.45) is 0. The second-order valence-electron chi connectivity index (χ2n) is 7.07. The molecule has 1 aliphatic heterocycles. The quantitative estimate of drug-likeness (QED) is 0.406. The Bertz CT molecular complexity index is 1030. The van der Waals surface area contributed by atoms with Gasteiger partial charge in [-0.3, -0.25) is 4.79 Å². The number of thioether (sulfide) groups is 1. The number of carbonyl (C=O) groups is 1. The fourth-order valence-electron chi connectivity index (χ4n) is 3.36. The zero-order valence-electron chi connectivity index (χ0n) is 16.8. The Morgan fingerprint density at radius 3 is 2.83 bits per heavy atom. The van der Waals surface area contributed by atoms with Gasteiger partial charge in [-0.05, 0) is 42.8 Å². The topological polar surface area (TPSA) is 56.6 Å². The van der Waals surface area contributed by atoms with E-state index < -0.39 is 0 Å². The van der Waals surface area contributed by atoms with Gasteiger partial charge in [0.1, 0.15) is 12.3 Å². The Labute approximate surface area is 185 Å². The largest absolute Gasteiger partial charge is 0.493 e. The number of hydrogen-bond acceptors (Lipinski definition) is 5. The first-order chi connectivity index (χ1) is 14.6. The molecule has 2 aromatic carbocycles. The second-order valence-corrected chi connectivity index (χ2v) is 8.54. The predicted molar refractivity (Wildman–Crippen MR) is 120 cm³/mol. The van der Waals surface area contributed by atoms with Gasteiger partial charge in [0.05, 0.1) is 30.9 Å². The van der Waals surface area contributed by atoms with Crippen molar-refractivity contribution in [1.82, 2.24) is 14.5 Å². The molecule has 158 valence electrons. The van der Waals surface area contributed by atoms with Crippen LogP contribution < -0.4 is 4.74 Å². The molecule has 0 aliphatic carbocycles. The Morgan fingerprint density at radius 2 is 2.03 bits per heavy atom. The minimum Gasteiger partial charge on any atom is -0.493 e. The van der Waals surface area contributed by atoms with E-state index in [4.69, 9.17) is 26.1 Å². The maximum atomic E-state index is 12.8. The molecule has 1 aromatic heterocycles. The van der Waals surface area contributed by atoms with Crippen molar-refractivity contribution in [3.05, 3.63) is 53.1 Å². The first kappa shape index (κ1) is 21.0. The molecule has 3 aromatic rings. The fourth-order valence-corrected chi connectivity index (χ4v) is 4.31. The third-order valence-corrected chi connectivity index (χ3v) is 6.35. The Hall–Kier alpha value is -2.22. The lowest BCUT2D eigenvalue weighted by Crippen LogP contribution is -2.42. The number of carbonyl (C=O) groups excluding carboxylic acids is 1. The Morgan fingerprint density at radius 1 is 1.23 bits per heavy atom. The molecule has 1 aliphatic rings. The summed E-state index contributed by atoms with van der Waals surface area (Å²) in [5.41, 5.74) is 2.85. The van der Waals surface area contributed by atoms with Crippen molar-refractivity contribution in [2.45, 2.75) is 18.6 Å². The van der Waals surface area contributed by atoms with Crippen LogP contribution in [-0.4, -0.2) is 59.0 Å². The highest BCUT2D eigenvalue weighted by atomic mass is 35.5. The number of nitrogens with zero attached hydrogens (tertiary/aromatic N) is 3. The van der Waals surface area contributed by atoms with E-state index in [1.54, 1.807) is 11.8 Å². The van der Waals surface area contributed by atoms with E-state index in [2.05, 4.69) is 0 Å². The van der Waals surface area contributed by atoms with E-state index >= 15 is 0 Å². The van der Waals surface area contributed by atoms with Gasteiger partial charge in [0.15, 0.2) is 5.16 Å². The van der Waals surface area contributed by atoms with Crippen molar-refractivity contribution in [3.8, 4) is 5.75 Å². The third-order valence-electron chi connectivity index (χ3n) is 4.99. The smallest absolute Gasteiger partial charge is 0.242 e. The number of amides is 1. The van der Waals surface area contributed by atoms with Gasteiger partial charge < -0.3 is 18.9 Å². The number of halogens is 1. The van der Waals surface area contributed by atoms with Crippen LogP contribution in [0.1, 0.15) is 5.56 Å². The SMILES string of the molecule is Cc1cc(OCCSc2nc3ccccc3n2CC(=O)N2CCOCC2)ccc1Cl. The van der Waals surface area contributed by atoms with Gasteiger partial charge in [0.25, 0.3) is 0 Å². The summed E-state index contributed by atoms with van der Waals surface area (Å²) < 4.78 is 13.2. The average Bonchev–Trinajstić information content (AvgIpc) is 3.11. The first-order valence-corrected chi connectivity index (χ1v) is 11.3. The molecule has 0 atom stereocenters. The van der Waals surface area contributed by atoms with Crippen LogP contribution in [-0.2, 0) is 16.1 Å². The van der Waals surface area contributed by atoms with Crippen LogP contribution >= 0.6 is 23.4 Å². The molecule has 8 heteroatoms. The van der Waals surface area contributed by atoms with Crippen molar-refractivity contribution in [1.29, 1.82) is 0 Å². The second kappa shape index (κ2) is 9.73. The molecule has 0 unspecified atom stereocenters. The van der Waals surface area contributed by atoms with Crippen molar-refractivity contribution >= 4 is 40.3 Å². The number of rotatable bonds is 7. The molecule has 4 rings (SSSR count). The Kier molecular flexibility index (Phi) is 6.82. The lowest BCUT2D eigenvalue weighted by Gasteiger charge is -2.27. The highest BCUT2D eigenvalue weighted by Crippen LogP contribution is 2.25. The van der Waals surface area contributed by atoms with Gasteiger partial charge in [0, 0.05) is 23.9 Å². The molecular weight excluding hydrogens is 422 g/mol. The maximum absolute atomic E-state index is 12.8. The minimum absolute atomic E-state index is 0.0937. The van der Waals surface area contributed by atoms with Crippen molar-refractivity contribution in [2.75, 3.05) is 38.7 Å². The van der Waals surface area contributed by atoms with Crippen molar-refractivity contribution < 1.29 is 14.3 Å². The van der Waals surface area contributed by atoms with Crippen LogP contribution in [0.25, 0.3) is 11.0 Å². The van der Waals surface area contributed by atoms with E-state index in [0.29, 0.717) is 32.9 Å². The van der Waals surface area contributed by atoms with Crippen molar-refractivity contribution in [2.24, 2.45) is 0 Å². The minimum atomic E-state index is 0.0937. The molecule has 6 nitrogen and oxygen atoms in total. The number of aryl methyl sites for hydroxylation is 1. The van der Waals surface area contributed by atoms with Gasteiger partial charge in [-0.2, -0.15) is 0 Å². The molecule has 0 N–H and O–H groups in total. The lowest BCUT2D eigenvalue weighted by atomic mass is 10.2. The number of morpholine rings is 1. The first-order valence-electron chi connectivity index (χ1n) is 9.94. The van der Waals surface area contributed by atoms with Crippen LogP contribution in [0.2, 0.25) is 5.02 Å².